The summed E-state index contributed by atoms with van der Waals surface area (Å²) in [4.78, 5) is 21.6. The van der Waals surface area contributed by atoms with E-state index in [9.17, 15) is 4.79 Å². The summed E-state index contributed by atoms with van der Waals surface area (Å²) in [5.41, 5.74) is 1.78. The van der Waals surface area contributed by atoms with Crippen LogP contribution < -0.4 is 5.32 Å². The SMILES string of the molecule is CC(C)CN1CCC2CC3(C(=O)NCc4ccccc4)N=CC2C1C3Cc1ccccc1. The van der Waals surface area contributed by atoms with Crippen molar-refractivity contribution in [1.29, 1.82) is 0 Å². The third-order valence-corrected chi connectivity index (χ3v) is 7.81. The number of hydrogen-bond donors (Lipinski definition) is 1. The first-order chi connectivity index (χ1) is 15.6. The van der Waals surface area contributed by atoms with Crippen LogP contribution in [0.4, 0.5) is 0 Å². The minimum absolute atomic E-state index is 0.109. The van der Waals surface area contributed by atoms with Crippen LogP contribution in [0.15, 0.2) is 65.7 Å². The number of carbonyl (C=O) groups is 1. The predicted octanol–water partition coefficient (Wildman–Crippen LogP) is 4.35. The molecule has 0 radical (unpaired) electrons. The monoisotopic (exact) mass is 429 g/mol. The molecule has 1 saturated carbocycles. The van der Waals surface area contributed by atoms with Gasteiger partial charge < -0.3 is 5.32 Å². The van der Waals surface area contributed by atoms with Crippen LogP contribution in [0.5, 0.6) is 0 Å². The molecule has 32 heavy (non-hydrogen) atoms. The minimum atomic E-state index is -0.662. The Morgan fingerprint density at radius 1 is 1.09 bits per heavy atom. The lowest BCUT2D eigenvalue weighted by Gasteiger charge is -2.60. The van der Waals surface area contributed by atoms with Gasteiger partial charge in [-0.3, -0.25) is 14.7 Å². The number of amides is 1. The van der Waals surface area contributed by atoms with Gasteiger partial charge in [0.05, 0.1) is 0 Å². The summed E-state index contributed by atoms with van der Waals surface area (Å²) in [6.45, 7) is 7.40. The summed E-state index contributed by atoms with van der Waals surface area (Å²) in [5.74, 6) is 1.96. The van der Waals surface area contributed by atoms with Crippen LogP contribution in [0.1, 0.15) is 37.8 Å². The van der Waals surface area contributed by atoms with E-state index in [2.05, 4.69) is 72.7 Å². The standard InChI is InChI=1S/C28H35N3O/c1-20(2)19-31-14-13-23-16-28(27(32)29-17-22-11-7-4-8-12-22)25(26(31)24(23)18-30-28)15-21-9-5-3-6-10-21/h3-12,18,20,23-26H,13-17,19H2,1-2H3,(H,29,32). The summed E-state index contributed by atoms with van der Waals surface area (Å²) in [6, 6.07) is 21.3. The maximum Gasteiger partial charge on any atom is 0.248 e. The lowest BCUT2D eigenvalue weighted by atomic mass is 9.55. The maximum atomic E-state index is 13.9. The molecule has 1 amide bonds. The number of carbonyl (C=O) groups excluding carboxylic acids is 1. The zero-order valence-corrected chi connectivity index (χ0v) is 19.3. The van der Waals surface area contributed by atoms with Gasteiger partial charge in [0.2, 0.25) is 5.91 Å². The molecule has 2 aromatic carbocycles. The van der Waals surface area contributed by atoms with Crippen molar-refractivity contribution in [3.05, 3.63) is 71.8 Å². The Balaban J connectivity index is 1.47. The molecule has 4 nitrogen and oxygen atoms in total. The van der Waals surface area contributed by atoms with Gasteiger partial charge in [0.1, 0.15) is 5.54 Å². The second-order valence-electron chi connectivity index (χ2n) is 10.4. The Morgan fingerprint density at radius 3 is 2.47 bits per heavy atom. The molecule has 0 spiro atoms. The number of nitrogens with one attached hydrogen (secondary N) is 1. The molecule has 1 N–H and O–H groups in total. The first-order valence-corrected chi connectivity index (χ1v) is 12.2. The highest BCUT2D eigenvalue weighted by Crippen LogP contribution is 2.53. The molecule has 5 unspecified atom stereocenters. The van der Waals surface area contributed by atoms with Crippen LogP contribution in [0.25, 0.3) is 0 Å². The van der Waals surface area contributed by atoms with Gasteiger partial charge in [-0.05, 0) is 48.8 Å². The summed E-state index contributed by atoms with van der Waals surface area (Å²) >= 11 is 0. The number of piperidine rings is 1. The fraction of sp³-hybridized carbons (Fsp3) is 0.500. The van der Waals surface area contributed by atoms with Gasteiger partial charge in [0, 0.05) is 37.2 Å². The second kappa shape index (κ2) is 8.82. The highest BCUT2D eigenvalue weighted by molar-refractivity contribution is 5.91. The van der Waals surface area contributed by atoms with Gasteiger partial charge in [-0.25, -0.2) is 0 Å². The molecule has 4 aliphatic rings. The molecule has 4 heteroatoms. The van der Waals surface area contributed by atoms with Crippen molar-refractivity contribution in [3.63, 3.8) is 0 Å². The number of rotatable bonds is 7. The van der Waals surface area contributed by atoms with Crippen molar-refractivity contribution in [1.82, 2.24) is 10.2 Å². The molecule has 2 aromatic rings. The highest BCUT2D eigenvalue weighted by atomic mass is 16.2. The van der Waals surface area contributed by atoms with E-state index in [0.29, 0.717) is 30.3 Å². The number of hydrogen-bond acceptors (Lipinski definition) is 3. The minimum Gasteiger partial charge on any atom is -0.350 e. The van der Waals surface area contributed by atoms with Crippen LogP contribution in [-0.2, 0) is 17.8 Å². The lowest BCUT2D eigenvalue weighted by molar-refractivity contribution is -0.138. The fourth-order valence-corrected chi connectivity index (χ4v) is 6.46. The van der Waals surface area contributed by atoms with Crippen molar-refractivity contribution < 1.29 is 4.79 Å². The summed E-state index contributed by atoms with van der Waals surface area (Å²) < 4.78 is 0. The van der Waals surface area contributed by atoms with Crippen LogP contribution in [0.3, 0.4) is 0 Å². The molecule has 168 valence electrons. The fourth-order valence-electron chi connectivity index (χ4n) is 6.46. The van der Waals surface area contributed by atoms with E-state index in [1.807, 2.05) is 18.2 Å². The molecule has 3 aliphatic heterocycles. The second-order valence-corrected chi connectivity index (χ2v) is 10.4. The molecule has 1 aliphatic carbocycles. The average Bonchev–Trinajstić information content (AvgIpc) is 2.82. The molecular weight excluding hydrogens is 394 g/mol. The van der Waals surface area contributed by atoms with E-state index in [4.69, 9.17) is 4.99 Å². The average molecular weight is 430 g/mol. The number of likely N-dealkylation sites (tertiary alicyclic amines) is 1. The van der Waals surface area contributed by atoms with Crippen molar-refractivity contribution >= 4 is 12.1 Å². The molecular formula is C28H35N3O. The Bertz CT molecular complexity index is 957. The van der Waals surface area contributed by atoms with Crippen LogP contribution >= 0.6 is 0 Å². The number of aliphatic imine (C=N–C) groups is 1. The highest BCUT2D eigenvalue weighted by Gasteiger charge is 2.61. The first kappa shape index (κ1) is 21.4. The van der Waals surface area contributed by atoms with Gasteiger partial charge in [0.25, 0.3) is 0 Å². The molecule has 4 bridgehead atoms. The Kier molecular flexibility index (Phi) is 5.90. The summed E-state index contributed by atoms with van der Waals surface area (Å²) in [7, 11) is 0. The van der Waals surface area contributed by atoms with E-state index < -0.39 is 5.54 Å². The van der Waals surface area contributed by atoms with Gasteiger partial charge in [-0.15, -0.1) is 0 Å². The molecule has 5 atom stereocenters. The predicted molar refractivity (Wildman–Crippen MR) is 130 cm³/mol. The zero-order chi connectivity index (χ0) is 22.1. The van der Waals surface area contributed by atoms with Gasteiger partial charge in [-0.1, -0.05) is 74.5 Å². The quantitative estimate of drug-likeness (QED) is 0.711. The lowest BCUT2D eigenvalue weighted by Crippen LogP contribution is -2.70. The van der Waals surface area contributed by atoms with E-state index in [1.54, 1.807) is 0 Å². The Hall–Kier alpha value is -2.46. The molecule has 6 rings (SSSR count). The molecule has 0 aromatic heterocycles. The summed E-state index contributed by atoms with van der Waals surface area (Å²) in [5, 5.41) is 3.27. The summed E-state index contributed by atoms with van der Waals surface area (Å²) in [6.07, 6.45) is 5.12. The van der Waals surface area contributed by atoms with E-state index >= 15 is 0 Å². The van der Waals surface area contributed by atoms with E-state index in [-0.39, 0.29) is 11.8 Å². The van der Waals surface area contributed by atoms with E-state index in [0.717, 1.165) is 31.5 Å². The van der Waals surface area contributed by atoms with E-state index in [1.165, 1.54) is 12.0 Å². The third-order valence-electron chi connectivity index (χ3n) is 7.81. The van der Waals surface area contributed by atoms with Crippen LogP contribution in [0.2, 0.25) is 0 Å². The van der Waals surface area contributed by atoms with Crippen LogP contribution in [-0.4, -0.2) is 41.7 Å². The van der Waals surface area contributed by atoms with Crippen molar-refractivity contribution in [2.24, 2.45) is 28.7 Å². The van der Waals surface area contributed by atoms with Gasteiger partial charge >= 0.3 is 0 Å². The van der Waals surface area contributed by atoms with Crippen molar-refractivity contribution in [2.45, 2.75) is 51.2 Å². The zero-order valence-electron chi connectivity index (χ0n) is 19.3. The largest absolute Gasteiger partial charge is 0.350 e. The van der Waals surface area contributed by atoms with Gasteiger partial charge in [0.15, 0.2) is 0 Å². The smallest absolute Gasteiger partial charge is 0.248 e. The topological polar surface area (TPSA) is 44.7 Å². The Labute approximate surface area is 192 Å². The van der Waals surface area contributed by atoms with Crippen LogP contribution in [0, 0.1) is 23.7 Å². The normalized spacial score (nSPS) is 31.1. The molecule has 3 heterocycles. The number of benzene rings is 2. The van der Waals surface area contributed by atoms with Gasteiger partial charge in [-0.2, -0.15) is 0 Å². The molecule has 2 fully saturated rings. The maximum absolute atomic E-state index is 13.9. The molecule has 1 saturated heterocycles. The van der Waals surface area contributed by atoms with Crippen molar-refractivity contribution in [3.8, 4) is 0 Å². The first-order valence-electron chi connectivity index (χ1n) is 12.2. The third kappa shape index (κ3) is 3.90. The number of nitrogens with zero attached hydrogens (tertiary/aromatic N) is 2. The van der Waals surface area contributed by atoms with Crippen molar-refractivity contribution in [2.75, 3.05) is 13.1 Å². The Morgan fingerprint density at radius 2 is 1.78 bits per heavy atom.